The van der Waals surface area contributed by atoms with E-state index < -0.39 is 0 Å². The summed E-state index contributed by atoms with van der Waals surface area (Å²) in [6.45, 7) is 24.6. The van der Waals surface area contributed by atoms with Gasteiger partial charge in [0.15, 0.2) is 0 Å². The monoisotopic (exact) mass is 583 g/mol. The maximum atomic E-state index is 11.8. The van der Waals surface area contributed by atoms with Crippen LogP contribution in [0.3, 0.4) is 0 Å². The Morgan fingerprint density at radius 2 is 1.39 bits per heavy atom. The van der Waals surface area contributed by atoms with Crippen LogP contribution in [0.25, 0.3) is 0 Å². The molecular weight excluding hydrogens is 515 g/mol. The Morgan fingerprint density at radius 1 is 0.878 bits per heavy atom. The third-order valence-electron chi connectivity index (χ3n) is 10.3. The van der Waals surface area contributed by atoms with E-state index in [0.717, 1.165) is 42.4 Å². The van der Waals surface area contributed by atoms with Crippen molar-refractivity contribution in [2.45, 2.75) is 147 Å². The quantitative estimate of drug-likeness (QED) is 0.221. The largest absolute Gasteiger partial charge is 0.466 e. The summed E-state index contributed by atoms with van der Waals surface area (Å²) in [6, 6.07) is 0. The summed E-state index contributed by atoms with van der Waals surface area (Å²) >= 11 is 0. The lowest BCUT2D eigenvalue weighted by Gasteiger charge is -2.36. The number of esters is 2. The minimum absolute atomic E-state index is 0. The van der Waals surface area contributed by atoms with Crippen molar-refractivity contribution in [3.05, 3.63) is 11.6 Å². The third-order valence-corrected chi connectivity index (χ3v) is 10.3. The predicted octanol–water partition coefficient (Wildman–Crippen LogP) is 10.3. The van der Waals surface area contributed by atoms with Crippen molar-refractivity contribution in [1.82, 2.24) is 0 Å². The Bertz CT molecular complexity index is 768. The standard InChI is InChI=1S/2C13H24O2.C10H18.FH/c1-5-15-12(14)13(3,4)11-8-6-10(2)7-9-11;1-5-15-12(14)13(4)8-6-11(7-9-13)10(2)3;1-8(2)10-6-4-9(3)5-7-10;/h2*10-11H,5-9H2,1-4H3;4,8,10H,5-7H2,1-3H3;1H. The molecule has 0 bridgehead atoms. The van der Waals surface area contributed by atoms with E-state index in [0.29, 0.717) is 19.1 Å². The van der Waals surface area contributed by atoms with E-state index in [4.69, 9.17) is 9.47 Å². The van der Waals surface area contributed by atoms with Gasteiger partial charge in [0, 0.05) is 0 Å². The summed E-state index contributed by atoms with van der Waals surface area (Å²) in [5.74, 6) is 4.71. The second-order valence-corrected chi connectivity index (χ2v) is 14.6. The van der Waals surface area contributed by atoms with Gasteiger partial charge in [-0.05, 0) is 135 Å². The van der Waals surface area contributed by atoms with Crippen molar-refractivity contribution >= 4 is 11.9 Å². The summed E-state index contributed by atoms with van der Waals surface area (Å²) in [7, 11) is 0. The second kappa shape index (κ2) is 19.0. The smallest absolute Gasteiger partial charge is 0.311 e. The molecule has 242 valence electrons. The molecule has 4 nitrogen and oxygen atoms in total. The molecule has 0 spiro atoms. The summed E-state index contributed by atoms with van der Waals surface area (Å²) < 4.78 is 10.3. The summed E-state index contributed by atoms with van der Waals surface area (Å²) in [5.41, 5.74) is 1.09. The van der Waals surface area contributed by atoms with Gasteiger partial charge in [-0.15, -0.1) is 0 Å². The fourth-order valence-corrected chi connectivity index (χ4v) is 6.51. The fraction of sp³-hybridized carbons (Fsp3) is 0.889. The Hall–Kier alpha value is -1.39. The van der Waals surface area contributed by atoms with Gasteiger partial charge in [-0.25, -0.2) is 0 Å². The van der Waals surface area contributed by atoms with Crippen molar-refractivity contribution in [2.75, 3.05) is 13.2 Å². The number of hydrogen-bond acceptors (Lipinski definition) is 4. The van der Waals surface area contributed by atoms with E-state index in [1.165, 1.54) is 57.8 Å². The topological polar surface area (TPSA) is 52.6 Å². The zero-order chi connectivity index (χ0) is 30.5. The van der Waals surface area contributed by atoms with Gasteiger partial charge in [-0.3, -0.25) is 14.3 Å². The first-order valence-electron chi connectivity index (χ1n) is 16.7. The van der Waals surface area contributed by atoms with Crippen LogP contribution in [0.15, 0.2) is 11.6 Å². The first kappa shape index (κ1) is 39.6. The molecule has 0 radical (unpaired) electrons. The number of carbonyl (C=O) groups is 2. The zero-order valence-electron chi connectivity index (χ0n) is 28.8. The van der Waals surface area contributed by atoms with Crippen molar-refractivity contribution in [1.29, 1.82) is 0 Å². The molecule has 0 aromatic carbocycles. The van der Waals surface area contributed by atoms with Crippen LogP contribution in [0.4, 0.5) is 4.70 Å². The Balaban J connectivity index is 0.000000591. The van der Waals surface area contributed by atoms with E-state index in [1.807, 2.05) is 27.7 Å². The van der Waals surface area contributed by atoms with E-state index in [-0.39, 0.29) is 27.5 Å². The van der Waals surface area contributed by atoms with Gasteiger partial charge in [0.05, 0.1) is 24.0 Å². The molecule has 0 amide bonds. The molecule has 2 saturated carbocycles. The highest BCUT2D eigenvalue weighted by Gasteiger charge is 2.40. The molecule has 0 aliphatic heterocycles. The first-order chi connectivity index (χ1) is 18.7. The van der Waals surface area contributed by atoms with Crippen LogP contribution in [0.1, 0.15) is 147 Å². The van der Waals surface area contributed by atoms with Crippen LogP contribution >= 0.6 is 0 Å². The fourth-order valence-electron chi connectivity index (χ4n) is 6.51. The summed E-state index contributed by atoms with van der Waals surface area (Å²) in [6.07, 6.45) is 15.7. The van der Waals surface area contributed by atoms with Crippen molar-refractivity contribution in [3.63, 3.8) is 0 Å². The molecule has 3 aliphatic carbocycles. The molecule has 0 aromatic rings. The lowest BCUT2D eigenvalue weighted by atomic mass is 9.69. The maximum absolute atomic E-state index is 11.8. The summed E-state index contributed by atoms with van der Waals surface area (Å²) in [5, 5.41) is 0. The van der Waals surface area contributed by atoms with Crippen LogP contribution in [0.5, 0.6) is 0 Å². The van der Waals surface area contributed by atoms with Crippen molar-refractivity contribution < 1.29 is 23.8 Å². The van der Waals surface area contributed by atoms with E-state index >= 15 is 0 Å². The Kier molecular flexibility index (Phi) is 18.4. The highest BCUT2D eigenvalue weighted by atomic mass is 19.0. The minimum Gasteiger partial charge on any atom is -0.466 e. The highest BCUT2D eigenvalue weighted by Crippen LogP contribution is 2.42. The molecule has 3 rings (SSSR count). The van der Waals surface area contributed by atoms with Gasteiger partial charge < -0.3 is 9.47 Å². The predicted molar refractivity (Wildman–Crippen MR) is 172 cm³/mol. The average Bonchev–Trinajstić information content (AvgIpc) is 2.90. The average molecular weight is 583 g/mol. The summed E-state index contributed by atoms with van der Waals surface area (Å²) in [4.78, 5) is 23.6. The highest BCUT2D eigenvalue weighted by molar-refractivity contribution is 5.76. The van der Waals surface area contributed by atoms with Crippen LogP contribution in [0, 0.1) is 46.3 Å². The molecule has 0 aromatic heterocycles. The normalized spacial score (nSPS) is 28.2. The zero-order valence-corrected chi connectivity index (χ0v) is 28.8. The van der Waals surface area contributed by atoms with E-state index in [2.05, 4.69) is 54.5 Å². The second-order valence-electron chi connectivity index (χ2n) is 14.6. The molecule has 2 fully saturated rings. The number of hydrogen-bond donors (Lipinski definition) is 0. The lowest BCUT2D eigenvalue weighted by molar-refractivity contribution is -0.158. The van der Waals surface area contributed by atoms with E-state index in [1.54, 1.807) is 5.57 Å². The Labute approximate surface area is 253 Å². The van der Waals surface area contributed by atoms with Gasteiger partial charge in [0.25, 0.3) is 0 Å². The van der Waals surface area contributed by atoms with Gasteiger partial charge in [-0.1, -0.05) is 59.1 Å². The van der Waals surface area contributed by atoms with Crippen LogP contribution in [-0.2, 0) is 19.1 Å². The van der Waals surface area contributed by atoms with Gasteiger partial charge >= 0.3 is 11.9 Å². The van der Waals surface area contributed by atoms with Crippen LogP contribution in [0.2, 0.25) is 0 Å². The number of halogens is 1. The number of rotatable bonds is 7. The van der Waals surface area contributed by atoms with E-state index in [9.17, 15) is 9.59 Å². The lowest BCUT2D eigenvalue weighted by Crippen LogP contribution is -2.36. The third kappa shape index (κ3) is 13.2. The van der Waals surface area contributed by atoms with Crippen molar-refractivity contribution in [2.24, 2.45) is 46.3 Å². The number of allylic oxidation sites excluding steroid dienone is 2. The molecule has 41 heavy (non-hydrogen) atoms. The molecule has 5 heteroatoms. The minimum atomic E-state index is -0.295. The first-order valence-corrected chi connectivity index (χ1v) is 16.7. The Morgan fingerprint density at radius 3 is 1.80 bits per heavy atom. The molecule has 1 unspecified atom stereocenters. The van der Waals surface area contributed by atoms with Gasteiger partial charge in [0.1, 0.15) is 0 Å². The number of ether oxygens (including phenoxy) is 2. The molecule has 0 N–H and O–H groups in total. The van der Waals surface area contributed by atoms with Gasteiger partial charge in [0.2, 0.25) is 0 Å². The van der Waals surface area contributed by atoms with Crippen LogP contribution in [-0.4, -0.2) is 25.2 Å². The SMILES string of the molecule is CC1=CCC(C(C)C)CC1.CCOC(=O)C(C)(C)C1CCC(C)CC1.CCOC(=O)C1(C)CCC(C(C)C)CC1.F. The van der Waals surface area contributed by atoms with Crippen LogP contribution < -0.4 is 0 Å². The molecular formula is C36H67FO4. The van der Waals surface area contributed by atoms with Gasteiger partial charge in [-0.2, -0.15) is 0 Å². The molecule has 3 aliphatic rings. The van der Waals surface area contributed by atoms with Crippen molar-refractivity contribution in [3.8, 4) is 0 Å². The maximum Gasteiger partial charge on any atom is 0.311 e. The molecule has 1 atom stereocenters. The number of carbonyl (C=O) groups excluding carboxylic acids is 2. The molecule has 0 saturated heterocycles. The molecule has 0 heterocycles.